The van der Waals surface area contributed by atoms with E-state index in [1.807, 2.05) is 0 Å². The lowest BCUT2D eigenvalue weighted by Gasteiger charge is -2.51. The van der Waals surface area contributed by atoms with Gasteiger partial charge in [-0.05, 0) is 12.8 Å². The maximum absolute atomic E-state index is 6.17. The molecule has 0 aliphatic carbocycles. The van der Waals surface area contributed by atoms with Crippen LogP contribution in [-0.4, -0.2) is 46.0 Å². The predicted octanol–water partition coefficient (Wildman–Crippen LogP) is 2.08. The smallest absolute Gasteiger partial charge is 0.518 e. The first-order valence-electron chi connectivity index (χ1n) is 8.22. The van der Waals surface area contributed by atoms with Gasteiger partial charge in [0.25, 0.3) is 0 Å². The fraction of sp³-hybridized carbons (Fsp3) is 1.00. The Hall–Kier alpha value is -0.135. The quantitative estimate of drug-likeness (QED) is 0.619. The van der Waals surface area contributed by atoms with E-state index in [1.54, 1.807) is 0 Å². The molecule has 20 heavy (non-hydrogen) atoms. The minimum atomic E-state index is -1.99. The van der Waals surface area contributed by atoms with Crippen LogP contribution in [0.5, 0.6) is 0 Å². The van der Waals surface area contributed by atoms with Crippen molar-refractivity contribution in [1.82, 2.24) is 5.32 Å². The first kappa shape index (κ1) is 16.2. The van der Waals surface area contributed by atoms with E-state index in [1.165, 1.54) is 19.3 Å². The van der Waals surface area contributed by atoms with E-state index in [0.717, 1.165) is 25.9 Å². The summed E-state index contributed by atoms with van der Waals surface area (Å²) in [6.07, 6.45) is 6.03. The molecular formula is C14H29BNO4-. The standard InChI is InChI=1S/C14H29BNO4/c1-3-5-6-7-14-13(4-2)12-19-15(20-14)17-10-8-16-9-11-18-15/h13-14,16H,3-12H2,1-2H3/q-1. The first-order valence-corrected chi connectivity index (χ1v) is 8.22. The molecule has 6 heteroatoms. The lowest BCUT2D eigenvalue weighted by Crippen LogP contribution is -2.59. The summed E-state index contributed by atoms with van der Waals surface area (Å²) in [5.41, 5.74) is 0. The maximum atomic E-state index is 6.17. The molecule has 1 N–H and O–H groups in total. The number of rotatable bonds is 5. The Kier molecular flexibility index (Phi) is 6.77. The summed E-state index contributed by atoms with van der Waals surface area (Å²) >= 11 is 0. The van der Waals surface area contributed by atoms with Gasteiger partial charge in [0.15, 0.2) is 0 Å². The molecular weight excluding hydrogens is 257 g/mol. The lowest BCUT2D eigenvalue weighted by molar-refractivity contribution is -0.120. The molecule has 5 nitrogen and oxygen atoms in total. The van der Waals surface area contributed by atoms with E-state index < -0.39 is 6.96 Å². The van der Waals surface area contributed by atoms with Gasteiger partial charge in [-0.3, -0.25) is 0 Å². The topological polar surface area (TPSA) is 49.0 Å². The molecule has 2 heterocycles. The zero-order chi connectivity index (χ0) is 14.3. The van der Waals surface area contributed by atoms with Gasteiger partial charge in [0.05, 0.1) is 0 Å². The fourth-order valence-electron chi connectivity index (χ4n) is 2.89. The highest BCUT2D eigenvalue weighted by Crippen LogP contribution is 2.30. The average molecular weight is 286 g/mol. The van der Waals surface area contributed by atoms with Crippen molar-refractivity contribution >= 4 is 6.96 Å². The summed E-state index contributed by atoms with van der Waals surface area (Å²) in [6, 6.07) is 0. The molecule has 2 aliphatic rings. The van der Waals surface area contributed by atoms with E-state index >= 15 is 0 Å². The third kappa shape index (κ3) is 4.43. The van der Waals surface area contributed by atoms with Gasteiger partial charge in [0, 0.05) is 44.9 Å². The molecule has 2 saturated heterocycles. The third-order valence-corrected chi connectivity index (χ3v) is 4.20. The summed E-state index contributed by atoms with van der Waals surface area (Å²) in [7, 11) is 0. The van der Waals surface area contributed by atoms with Crippen molar-refractivity contribution in [3.05, 3.63) is 0 Å². The van der Waals surface area contributed by atoms with Gasteiger partial charge in [-0.1, -0.05) is 33.1 Å². The van der Waals surface area contributed by atoms with E-state index in [9.17, 15) is 0 Å². The van der Waals surface area contributed by atoms with Crippen LogP contribution < -0.4 is 5.32 Å². The highest BCUT2D eigenvalue weighted by molar-refractivity contribution is 6.53. The molecule has 2 aliphatic heterocycles. The summed E-state index contributed by atoms with van der Waals surface area (Å²) < 4.78 is 23.6. The van der Waals surface area contributed by atoms with Crippen LogP contribution in [-0.2, 0) is 18.6 Å². The van der Waals surface area contributed by atoms with Crippen LogP contribution in [0.2, 0.25) is 0 Å². The van der Waals surface area contributed by atoms with Crippen molar-refractivity contribution in [3.63, 3.8) is 0 Å². The van der Waals surface area contributed by atoms with Gasteiger partial charge >= 0.3 is 6.96 Å². The average Bonchev–Trinajstić information content (AvgIpc) is 2.44. The Morgan fingerprint density at radius 1 is 1.05 bits per heavy atom. The summed E-state index contributed by atoms with van der Waals surface area (Å²) in [5, 5.41) is 3.23. The minimum Gasteiger partial charge on any atom is -0.518 e. The van der Waals surface area contributed by atoms with Crippen LogP contribution in [0.4, 0.5) is 0 Å². The molecule has 0 aromatic heterocycles. The van der Waals surface area contributed by atoms with Gasteiger partial charge in [-0.25, -0.2) is 0 Å². The SMILES string of the molecule is CCCCCC1O[B-]2(OCCNCCO2)OCC1CC. The molecule has 2 unspecified atom stereocenters. The van der Waals surface area contributed by atoms with Crippen molar-refractivity contribution in [2.75, 3.05) is 32.9 Å². The van der Waals surface area contributed by atoms with Crippen molar-refractivity contribution in [1.29, 1.82) is 0 Å². The van der Waals surface area contributed by atoms with Crippen molar-refractivity contribution < 1.29 is 18.6 Å². The molecule has 0 saturated carbocycles. The Labute approximate surface area is 122 Å². The van der Waals surface area contributed by atoms with E-state index in [2.05, 4.69) is 19.2 Å². The second-order valence-corrected chi connectivity index (χ2v) is 5.74. The lowest BCUT2D eigenvalue weighted by atomic mass is 9.89. The van der Waals surface area contributed by atoms with Crippen molar-refractivity contribution in [2.45, 2.75) is 52.1 Å². The second-order valence-electron chi connectivity index (χ2n) is 5.74. The monoisotopic (exact) mass is 286 g/mol. The highest BCUT2D eigenvalue weighted by Gasteiger charge is 2.41. The van der Waals surface area contributed by atoms with Gasteiger partial charge in [-0.2, -0.15) is 0 Å². The zero-order valence-corrected chi connectivity index (χ0v) is 12.9. The number of hydrogen-bond acceptors (Lipinski definition) is 5. The second kappa shape index (κ2) is 8.34. The highest BCUT2D eigenvalue weighted by atomic mass is 16.9. The predicted molar refractivity (Wildman–Crippen MR) is 79.3 cm³/mol. The first-order chi connectivity index (χ1) is 9.79. The van der Waals surface area contributed by atoms with Crippen LogP contribution in [0.25, 0.3) is 0 Å². The molecule has 1 spiro atoms. The minimum absolute atomic E-state index is 0.202. The van der Waals surface area contributed by atoms with Crippen molar-refractivity contribution in [3.8, 4) is 0 Å². The van der Waals surface area contributed by atoms with Crippen LogP contribution >= 0.6 is 0 Å². The van der Waals surface area contributed by atoms with Crippen LogP contribution in [0.15, 0.2) is 0 Å². The normalized spacial score (nSPS) is 30.9. The molecule has 0 amide bonds. The zero-order valence-electron chi connectivity index (χ0n) is 12.9. The maximum Gasteiger partial charge on any atom is 0.531 e. The fourth-order valence-corrected chi connectivity index (χ4v) is 2.89. The Bertz CT molecular complexity index is 272. The Balaban J connectivity index is 1.93. The molecule has 2 rings (SSSR count). The Morgan fingerprint density at radius 3 is 2.45 bits per heavy atom. The summed E-state index contributed by atoms with van der Waals surface area (Å²) in [5.74, 6) is 0.454. The Morgan fingerprint density at radius 2 is 1.80 bits per heavy atom. The van der Waals surface area contributed by atoms with Crippen LogP contribution in [0.1, 0.15) is 46.0 Å². The van der Waals surface area contributed by atoms with Gasteiger partial charge < -0.3 is 23.9 Å². The number of hydrogen-bond donors (Lipinski definition) is 1. The summed E-state index contributed by atoms with van der Waals surface area (Å²) in [4.78, 5) is 0. The third-order valence-electron chi connectivity index (χ3n) is 4.20. The van der Waals surface area contributed by atoms with E-state index in [4.69, 9.17) is 18.6 Å². The molecule has 2 atom stereocenters. The number of nitrogens with one attached hydrogen (secondary N) is 1. The van der Waals surface area contributed by atoms with Gasteiger partial charge in [0.2, 0.25) is 0 Å². The van der Waals surface area contributed by atoms with Gasteiger partial charge in [0.1, 0.15) is 0 Å². The molecule has 0 bridgehead atoms. The van der Waals surface area contributed by atoms with Crippen molar-refractivity contribution in [2.24, 2.45) is 5.92 Å². The summed E-state index contributed by atoms with van der Waals surface area (Å²) in [6.45, 7) is 5.88. The molecule has 118 valence electrons. The van der Waals surface area contributed by atoms with Crippen LogP contribution in [0, 0.1) is 5.92 Å². The van der Waals surface area contributed by atoms with E-state index in [-0.39, 0.29) is 6.10 Å². The van der Waals surface area contributed by atoms with Crippen LogP contribution in [0.3, 0.4) is 0 Å². The van der Waals surface area contributed by atoms with Gasteiger partial charge in [-0.15, -0.1) is 0 Å². The molecule has 0 aromatic carbocycles. The molecule has 0 aromatic rings. The number of unbranched alkanes of at least 4 members (excludes halogenated alkanes) is 2. The van der Waals surface area contributed by atoms with E-state index in [0.29, 0.717) is 25.7 Å². The molecule has 2 fully saturated rings. The largest absolute Gasteiger partial charge is 0.531 e. The molecule has 0 radical (unpaired) electrons.